The maximum atomic E-state index is 12.1. The standard InChI is InChI=1S/C13H17NO4/c1-7(2)11-6-5-10(13(17)18)12(16)14(11)8(3)9(4)15/h5-8H,1-4H3,(H,17,18). The van der Waals surface area contributed by atoms with Crippen LogP contribution in [0.2, 0.25) is 0 Å². The normalized spacial score (nSPS) is 12.5. The van der Waals surface area contributed by atoms with Gasteiger partial charge in [0.15, 0.2) is 5.78 Å². The molecule has 0 amide bonds. The monoisotopic (exact) mass is 251 g/mol. The van der Waals surface area contributed by atoms with Crippen molar-refractivity contribution < 1.29 is 14.7 Å². The van der Waals surface area contributed by atoms with Crippen LogP contribution in [0.5, 0.6) is 0 Å². The first-order valence-corrected chi connectivity index (χ1v) is 5.76. The van der Waals surface area contributed by atoms with Crippen LogP contribution in [0.4, 0.5) is 0 Å². The molecule has 0 aromatic carbocycles. The molecular weight excluding hydrogens is 234 g/mol. The molecule has 5 heteroatoms. The van der Waals surface area contributed by atoms with Crippen molar-refractivity contribution in [1.29, 1.82) is 0 Å². The summed E-state index contributed by atoms with van der Waals surface area (Å²) < 4.78 is 1.27. The number of carboxylic acid groups (broad SMARTS) is 1. The number of carboxylic acids is 1. The molecule has 1 N–H and O–H groups in total. The Morgan fingerprint density at radius 2 is 1.78 bits per heavy atom. The zero-order chi connectivity index (χ0) is 14.0. The average molecular weight is 251 g/mol. The number of aromatic nitrogens is 1. The van der Waals surface area contributed by atoms with E-state index in [1.54, 1.807) is 13.0 Å². The first-order chi connectivity index (χ1) is 8.27. The van der Waals surface area contributed by atoms with E-state index in [1.807, 2.05) is 13.8 Å². The predicted molar refractivity (Wildman–Crippen MR) is 67.1 cm³/mol. The highest BCUT2D eigenvalue weighted by Gasteiger charge is 2.21. The zero-order valence-corrected chi connectivity index (χ0v) is 10.9. The van der Waals surface area contributed by atoms with Gasteiger partial charge < -0.3 is 9.67 Å². The lowest BCUT2D eigenvalue weighted by atomic mass is 10.1. The van der Waals surface area contributed by atoms with Crippen LogP contribution in [0.15, 0.2) is 16.9 Å². The van der Waals surface area contributed by atoms with E-state index in [-0.39, 0.29) is 17.3 Å². The summed E-state index contributed by atoms with van der Waals surface area (Å²) in [6.07, 6.45) is 0. The van der Waals surface area contributed by atoms with Gasteiger partial charge in [-0.25, -0.2) is 4.79 Å². The second kappa shape index (κ2) is 5.16. The number of ketones is 1. The minimum absolute atomic E-state index is 0.0299. The SMILES string of the molecule is CC(=O)C(C)n1c(C(C)C)ccc(C(=O)O)c1=O. The van der Waals surface area contributed by atoms with Gasteiger partial charge in [-0.1, -0.05) is 13.8 Å². The number of hydrogen-bond donors (Lipinski definition) is 1. The third-order valence-electron chi connectivity index (χ3n) is 2.95. The van der Waals surface area contributed by atoms with E-state index >= 15 is 0 Å². The highest BCUT2D eigenvalue weighted by atomic mass is 16.4. The summed E-state index contributed by atoms with van der Waals surface area (Å²) in [5, 5.41) is 8.94. The quantitative estimate of drug-likeness (QED) is 0.885. The van der Waals surface area contributed by atoms with Crippen LogP contribution in [0.25, 0.3) is 0 Å². The van der Waals surface area contributed by atoms with E-state index < -0.39 is 17.6 Å². The highest BCUT2D eigenvalue weighted by Crippen LogP contribution is 2.17. The molecule has 0 saturated carbocycles. The number of carbonyl (C=O) groups excluding carboxylic acids is 1. The van der Waals surface area contributed by atoms with Crippen molar-refractivity contribution in [2.45, 2.75) is 39.7 Å². The van der Waals surface area contributed by atoms with Gasteiger partial charge in [-0.15, -0.1) is 0 Å². The molecule has 1 aromatic heterocycles. The molecule has 0 saturated heterocycles. The molecule has 1 rings (SSSR count). The number of nitrogens with zero attached hydrogens (tertiary/aromatic N) is 1. The topological polar surface area (TPSA) is 76.4 Å². The van der Waals surface area contributed by atoms with Crippen LogP contribution < -0.4 is 5.56 Å². The Bertz CT molecular complexity index is 542. The van der Waals surface area contributed by atoms with Crippen LogP contribution in [0.1, 0.15) is 55.7 Å². The molecule has 1 heterocycles. The van der Waals surface area contributed by atoms with Crippen LogP contribution in [-0.2, 0) is 4.79 Å². The number of Topliss-reactive ketones (excluding diaryl/α,β-unsaturated/α-hetero) is 1. The van der Waals surface area contributed by atoms with Crippen molar-refractivity contribution in [3.05, 3.63) is 33.7 Å². The highest BCUT2D eigenvalue weighted by molar-refractivity contribution is 5.87. The first kappa shape index (κ1) is 14.2. The van der Waals surface area contributed by atoms with E-state index in [1.165, 1.54) is 17.6 Å². The maximum Gasteiger partial charge on any atom is 0.341 e. The van der Waals surface area contributed by atoms with Crippen LogP contribution in [0, 0.1) is 0 Å². The maximum absolute atomic E-state index is 12.1. The lowest BCUT2D eigenvalue weighted by Gasteiger charge is -2.20. The third-order valence-corrected chi connectivity index (χ3v) is 2.95. The smallest absolute Gasteiger partial charge is 0.341 e. The molecule has 0 fully saturated rings. The summed E-state index contributed by atoms with van der Waals surface area (Å²) in [6, 6.07) is 2.23. The minimum Gasteiger partial charge on any atom is -0.477 e. The summed E-state index contributed by atoms with van der Waals surface area (Å²) in [6.45, 7) is 6.76. The molecular formula is C13H17NO4. The molecule has 0 bridgehead atoms. The fraction of sp³-hybridized carbons (Fsp3) is 0.462. The largest absolute Gasteiger partial charge is 0.477 e. The van der Waals surface area contributed by atoms with Crippen molar-refractivity contribution >= 4 is 11.8 Å². The number of pyridine rings is 1. The Hall–Kier alpha value is -1.91. The summed E-state index contributed by atoms with van der Waals surface area (Å²) in [7, 11) is 0. The molecule has 0 aliphatic heterocycles. The number of rotatable bonds is 4. The fourth-order valence-electron chi connectivity index (χ4n) is 1.78. The van der Waals surface area contributed by atoms with Gasteiger partial charge in [0.2, 0.25) is 0 Å². The third kappa shape index (κ3) is 2.50. The molecule has 0 spiro atoms. The van der Waals surface area contributed by atoms with E-state index in [9.17, 15) is 14.4 Å². The van der Waals surface area contributed by atoms with Gasteiger partial charge in [0.1, 0.15) is 5.56 Å². The second-order valence-corrected chi connectivity index (χ2v) is 4.59. The Morgan fingerprint density at radius 3 is 2.17 bits per heavy atom. The Kier molecular flexibility index (Phi) is 4.06. The molecule has 0 radical (unpaired) electrons. The average Bonchev–Trinajstić information content (AvgIpc) is 2.26. The molecule has 0 aliphatic carbocycles. The number of carbonyl (C=O) groups is 2. The molecule has 98 valence electrons. The zero-order valence-electron chi connectivity index (χ0n) is 10.9. The van der Waals surface area contributed by atoms with Crippen molar-refractivity contribution in [2.75, 3.05) is 0 Å². The van der Waals surface area contributed by atoms with Crippen LogP contribution in [0.3, 0.4) is 0 Å². The van der Waals surface area contributed by atoms with Crippen LogP contribution >= 0.6 is 0 Å². The summed E-state index contributed by atoms with van der Waals surface area (Å²) in [5.74, 6) is -1.43. The molecule has 1 atom stereocenters. The van der Waals surface area contributed by atoms with E-state index in [2.05, 4.69) is 0 Å². The Balaban J connectivity index is 3.61. The van der Waals surface area contributed by atoms with Gasteiger partial charge in [-0.05, 0) is 31.9 Å². The molecule has 5 nitrogen and oxygen atoms in total. The number of hydrogen-bond acceptors (Lipinski definition) is 3. The van der Waals surface area contributed by atoms with E-state index in [0.29, 0.717) is 5.69 Å². The second-order valence-electron chi connectivity index (χ2n) is 4.59. The molecule has 1 unspecified atom stereocenters. The van der Waals surface area contributed by atoms with E-state index in [4.69, 9.17) is 5.11 Å². The van der Waals surface area contributed by atoms with Gasteiger partial charge >= 0.3 is 5.97 Å². The van der Waals surface area contributed by atoms with Crippen molar-refractivity contribution in [3.63, 3.8) is 0 Å². The predicted octanol–water partition coefficient (Wildman–Crippen LogP) is 1.82. The van der Waals surface area contributed by atoms with Crippen molar-refractivity contribution in [3.8, 4) is 0 Å². The van der Waals surface area contributed by atoms with Crippen molar-refractivity contribution in [2.24, 2.45) is 0 Å². The lowest BCUT2D eigenvalue weighted by molar-refractivity contribution is -0.119. The summed E-state index contributed by atoms with van der Waals surface area (Å²) >= 11 is 0. The van der Waals surface area contributed by atoms with Crippen molar-refractivity contribution in [1.82, 2.24) is 4.57 Å². The minimum atomic E-state index is -1.28. The molecule has 0 aliphatic rings. The number of aromatic carboxylic acids is 1. The summed E-state index contributed by atoms with van der Waals surface area (Å²) in [5.41, 5.74) is -0.281. The van der Waals surface area contributed by atoms with Crippen LogP contribution in [-0.4, -0.2) is 21.4 Å². The lowest BCUT2D eigenvalue weighted by Crippen LogP contribution is -2.33. The summed E-state index contributed by atoms with van der Waals surface area (Å²) in [4.78, 5) is 34.5. The van der Waals surface area contributed by atoms with Gasteiger partial charge in [0, 0.05) is 5.69 Å². The first-order valence-electron chi connectivity index (χ1n) is 5.76. The van der Waals surface area contributed by atoms with E-state index in [0.717, 1.165) is 0 Å². The van der Waals surface area contributed by atoms with Gasteiger partial charge in [-0.3, -0.25) is 9.59 Å². The fourth-order valence-corrected chi connectivity index (χ4v) is 1.78. The van der Waals surface area contributed by atoms with Gasteiger partial charge in [0.05, 0.1) is 6.04 Å². The molecule has 18 heavy (non-hydrogen) atoms. The Labute approximate surface area is 105 Å². The van der Waals surface area contributed by atoms with Gasteiger partial charge in [0.25, 0.3) is 5.56 Å². The molecule has 1 aromatic rings. The Morgan fingerprint density at radius 1 is 1.22 bits per heavy atom. The van der Waals surface area contributed by atoms with Gasteiger partial charge in [-0.2, -0.15) is 0 Å².